The Bertz CT molecular complexity index is 1890. The van der Waals surface area contributed by atoms with Crippen molar-refractivity contribution in [1.29, 1.82) is 5.26 Å². The molecule has 1 aliphatic carbocycles. The molecule has 202 valence electrons. The molecule has 1 aromatic carbocycles. The summed E-state index contributed by atoms with van der Waals surface area (Å²) in [5.41, 5.74) is 6.36. The van der Waals surface area contributed by atoms with Crippen molar-refractivity contribution >= 4 is 10.9 Å². The molecule has 3 N–H and O–H groups in total. The van der Waals surface area contributed by atoms with Gasteiger partial charge in [-0.2, -0.15) is 18.4 Å². The standard InChI is InChI=1S/C27H20F4N8O/c1-38-12-34-37-25(38)19-8-16(28)4-5-17(19)14-6-20(13-2-3-13)35-22(7-14)39-11-15(10-32)18-9-21(24(33)27(29,30)31)36-23(18)26(39)40/h4-9,11-13,24,36H,2-3,33H2,1H3/t24-/m0/s1. The third-order valence-electron chi connectivity index (χ3n) is 6.95. The van der Waals surface area contributed by atoms with Crippen LogP contribution in [0.5, 0.6) is 0 Å². The number of nitriles is 1. The third-order valence-corrected chi connectivity index (χ3v) is 6.95. The monoisotopic (exact) mass is 548 g/mol. The number of fused-ring (bicyclic) bond motifs is 1. The van der Waals surface area contributed by atoms with Gasteiger partial charge in [0.1, 0.15) is 35.6 Å². The van der Waals surface area contributed by atoms with Crippen LogP contribution in [0.4, 0.5) is 17.6 Å². The van der Waals surface area contributed by atoms with Gasteiger partial charge in [-0.3, -0.25) is 9.36 Å². The van der Waals surface area contributed by atoms with E-state index in [4.69, 9.17) is 5.73 Å². The summed E-state index contributed by atoms with van der Waals surface area (Å²) in [6.07, 6.45) is -0.231. The van der Waals surface area contributed by atoms with E-state index < -0.39 is 29.3 Å². The number of aromatic amines is 1. The molecule has 1 atom stereocenters. The fourth-order valence-corrected chi connectivity index (χ4v) is 4.72. The molecule has 0 bridgehead atoms. The number of aromatic nitrogens is 6. The quantitative estimate of drug-likeness (QED) is 0.308. The molecule has 0 spiro atoms. The molecule has 0 saturated heterocycles. The lowest BCUT2D eigenvalue weighted by molar-refractivity contribution is -0.149. The van der Waals surface area contributed by atoms with Gasteiger partial charge in [0, 0.05) is 41.5 Å². The average molecular weight is 549 g/mol. The topological polar surface area (TPSA) is 131 Å². The van der Waals surface area contributed by atoms with E-state index in [-0.39, 0.29) is 28.2 Å². The van der Waals surface area contributed by atoms with Crippen molar-refractivity contribution in [3.63, 3.8) is 0 Å². The number of nitrogens with zero attached hydrogens (tertiary/aromatic N) is 6. The Kier molecular flexibility index (Phi) is 5.81. The minimum atomic E-state index is -4.75. The highest BCUT2D eigenvalue weighted by Crippen LogP contribution is 2.42. The summed E-state index contributed by atoms with van der Waals surface area (Å²) in [5, 5.41) is 17.8. The summed E-state index contributed by atoms with van der Waals surface area (Å²) >= 11 is 0. The van der Waals surface area contributed by atoms with Crippen LogP contribution in [0.25, 0.3) is 39.2 Å². The lowest BCUT2D eigenvalue weighted by atomic mass is 9.98. The van der Waals surface area contributed by atoms with Gasteiger partial charge in [-0.15, -0.1) is 10.2 Å². The van der Waals surface area contributed by atoms with Crippen molar-refractivity contribution in [2.24, 2.45) is 12.8 Å². The Morgan fingerprint density at radius 3 is 2.60 bits per heavy atom. The molecule has 0 unspecified atom stereocenters. The van der Waals surface area contributed by atoms with E-state index in [1.165, 1.54) is 24.7 Å². The number of hydrogen-bond donors (Lipinski definition) is 2. The number of aryl methyl sites for hydroxylation is 1. The number of benzene rings is 1. The first kappa shape index (κ1) is 25.4. The Balaban J connectivity index is 1.57. The Morgan fingerprint density at radius 1 is 1.18 bits per heavy atom. The van der Waals surface area contributed by atoms with E-state index in [1.807, 2.05) is 12.1 Å². The smallest absolute Gasteiger partial charge is 0.352 e. The third kappa shape index (κ3) is 4.32. The fraction of sp³-hybridized carbons (Fsp3) is 0.222. The SMILES string of the molecule is Cn1cnnc1-c1cc(F)ccc1-c1cc(C2CC2)nc(-n2cc(C#N)c3cc([C@H](N)C(F)(F)F)[nH]c3c2=O)c1. The van der Waals surface area contributed by atoms with Gasteiger partial charge in [0.05, 0.1) is 5.56 Å². The van der Waals surface area contributed by atoms with Crippen LogP contribution in [0.2, 0.25) is 0 Å². The first-order valence-corrected chi connectivity index (χ1v) is 12.2. The zero-order valence-electron chi connectivity index (χ0n) is 20.9. The summed E-state index contributed by atoms with van der Waals surface area (Å²) < 4.78 is 56.9. The van der Waals surface area contributed by atoms with Gasteiger partial charge in [0.2, 0.25) is 0 Å². The highest BCUT2D eigenvalue weighted by Gasteiger charge is 2.39. The van der Waals surface area contributed by atoms with Crippen LogP contribution >= 0.6 is 0 Å². The second kappa shape index (κ2) is 9.13. The molecule has 1 aliphatic rings. The van der Waals surface area contributed by atoms with E-state index in [0.29, 0.717) is 28.2 Å². The van der Waals surface area contributed by atoms with Gasteiger partial charge in [-0.1, -0.05) is 6.07 Å². The van der Waals surface area contributed by atoms with Gasteiger partial charge in [-0.05, 0) is 54.3 Å². The van der Waals surface area contributed by atoms with E-state index >= 15 is 0 Å². The summed E-state index contributed by atoms with van der Waals surface area (Å²) in [5.74, 6) is 0.256. The zero-order chi connectivity index (χ0) is 28.3. The molecule has 13 heteroatoms. The van der Waals surface area contributed by atoms with Crippen LogP contribution in [0, 0.1) is 17.1 Å². The number of pyridine rings is 2. The molecule has 1 fully saturated rings. The van der Waals surface area contributed by atoms with Gasteiger partial charge >= 0.3 is 6.18 Å². The van der Waals surface area contributed by atoms with Crippen LogP contribution < -0.4 is 11.3 Å². The average Bonchev–Trinajstić information content (AvgIpc) is 3.53. The summed E-state index contributed by atoms with van der Waals surface area (Å²) in [7, 11) is 1.73. The molecule has 4 heterocycles. The van der Waals surface area contributed by atoms with E-state index in [1.54, 1.807) is 23.7 Å². The van der Waals surface area contributed by atoms with Crippen molar-refractivity contribution < 1.29 is 17.6 Å². The highest BCUT2D eigenvalue weighted by molar-refractivity contribution is 5.86. The van der Waals surface area contributed by atoms with Crippen LogP contribution in [0.1, 0.15) is 41.8 Å². The summed E-state index contributed by atoms with van der Waals surface area (Å²) in [4.78, 5) is 20.7. The van der Waals surface area contributed by atoms with E-state index in [0.717, 1.165) is 23.5 Å². The van der Waals surface area contributed by atoms with Crippen molar-refractivity contribution in [2.45, 2.75) is 31.0 Å². The van der Waals surface area contributed by atoms with Gasteiger partial charge < -0.3 is 15.3 Å². The van der Waals surface area contributed by atoms with Crippen LogP contribution in [0.15, 0.2) is 53.7 Å². The van der Waals surface area contributed by atoms with Crippen molar-refractivity contribution in [3.8, 4) is 34.4 Å². The first-order valence-electron chi connectivity index (χ1n) is 12.2. The first-order chi connectivity index (χ1) is 19.0. The summed E-state index contributed by atoms with van der Waals surface area (Å²) in [6.45, 7) is 0. The van der Waals surface area contributed by atoms with Crippen molar-refractivity contribution in [2.75, 3.05) is 0 Å². The number of alkyl halides is 3. The molecule has 4 aromatic heterocycles. The minimum absolute atomic E-state index is 0.0279. The predicted octanol–water partition coefficient (Wildman–Crippen LogP) is 4.63. The van der Waals surface area contributed by atoms with Crippen LogP contribution in [0.3, 0.4) is 0 Å². The summed E-state index contributed by atoms with van der Waals surface area (Å²) in [6, 6.07) is 8.37. The van der Waals surface area contributed by atoms with Crippen molar-refractivity contribution in [1.82, 2.24) is 29.3 Å². The lowest BCUT2D eigenvalue weighted by Crippen LogP contribution is -2.28. The maximum Gasteiger partial charge on any atom is 0.409 e. The second-order valence-electron chi connectivity index (χ2n) is 9.73. The number of rotatable bonds is 5. The molecule has 0 radical (unpaired) electrons. The number of nitrogens with two attached hydrogens (primary N) is 1. The zero-order valence-corrected chi connectivity index (χ0v) is 20.9. The van der Waals surface area contributed by atoms with Gasteiger partial charge in [-0.25, -0.2) is 9.37 Å². The normalized spacial score (nSPS) is 14.4. The largest absolute Gasteiger partial charge is 0.409 e. The van der Waals surface area contributed by atoms with E-state index in [2.05, 4.69) is 20.2 Å². The minimum Gasteiger partial charge on any atom is -0.352 e. The molecule has 9 nitrogen and oxygen atoms in total. The number of halogens is 4. The molecule has 6 rings (SSSR count). The molecule has 0 amide bonds. The molecular weight excluding hydrogens is 528 g/mol. The second-order valence-corrected chi connectivity index (χ2v) is 9.73. The Morgan fingerprint density at radius 2 is 1.95 bits per heavy atom. The highest BCUT2D eigenvalue weighted by atomic mass is 19.4. The maximum atomic E-state index is 14.3. The van der Waals surface area contributed by atoms with Gasteiger partial charge in [0.25, 0.3) is 5.56 Å². The Hall–Kier alpha value is -4.83. The van der Waals surface area contributed by atoms with Crippen LogP contribution in [-0.2, 0) is 7.05 Å². The maximum absolute atomic E-state index is 14.3. The van der Waals surface area contributed by atoms with E-state index in [9.17, 15) is 27.6 Å². The molecule has 0 aliphatic heterocycles. The number of nitrogens with one attached hydrogen (secondary N) is 1. The van der Waals surface area contributed by atoms with Crippen molar-refractivity contribution in [3.05, 3.63) is 82.0 Å². The predicted molar refractivity (Wildman–Crippen MR) is 137 cm³/mol. The molecule has 5 aromatic rings. The molecular formula is C27H20F4N8O. The number of H-pyrrole nitrogens is 1. The Labute approximate surface area is 223 Å². The van der Waals surface area contributed by atoms with Gasteiger partial charge in [0.15, 0.2) is 5.82 Å². The van der Waals surface area contributed by atoms with Crippen LogP contribution in [-0.4, -0.2) is 35.5 Å². The fourth-order valence-electron chi connectivity index (χ4n) is 4.72. The number of hydrogen-bond acceptors (Lipinski definition) is 6. The molecule has 40 heavy (non-hydrogen) atoms. The molecule has 1 saturated carbocycles. The lowest BCUT2D eigenvalue weighted by Gasteiger charge is -2.14.